The maximum Gasteiger partial charge on any atom is 0.264 e. The molecule has 3 aromatic carbocycles. The number of hydrogen-bond donors (Lipinski definition) is 1. The molecule has 0 bridgehead atoms. The highest BCUT2D eigenvalue weighted by Crippen LogP contribution is 2.27. The van der Waals surface area contributed by atoms with Gasteiger partial charge in [0.1, 0.15) is 12.3 Å². The molecule has 0 radical (unpaired) electrons. The molecule has 0 aliphatic carbocycles. The summed E-state index contributed by atoms with van der Waals surface area (Å²) < 4.78 is 33.9. The van der Waals surface area contributed by atoms with Crippen LogP contribution in [0.4, 0.5) is 5.69 Å². The number of thioether (sulfide) groups is 1. The van der Waals surface area contributed by atoms with Gasteiger partial charge in [-0.1, -0.05) is 36.8 Å². The summed E-state index contributed by atoms with van der Waals surface area (Å²) in [5.41, 5.74) is 2.51. The van der Waals surface area contributed by atoms with Gasteiger partial charge in [-0.25, -0.2) is 8.42 Å². The van der Waals surface area contributed by atoms with Crippen LogP contribution in [0.2, 0.25) is 0 Å². The molecule has 3 aromatic rings. The van der Waals surface area contributed by atoms with Gasteiger partial charge in [0.25, 0.3) is 10.0 Å². The summed E-state index contributed by atoms with van der Waals surface area (Å²) in [6.45, 7) is 6.03. The molecule has 0 heterocycles. The van der Waals surface area contributed by atoms with Gasteiger partial charge in [0.05, 0.1) is 23.2 Å². The fourth-order valence-electron chi connectivity index (χ4n) is 3.66. The topological polar surface area (TPSA) is 75.7 Å². The first-order valence-corrected chi connectivity index (χ1v) is 14.2. The highest BCUT2D eigenvalue weighted by atomic mass is 32.2. The van der Waals surface area contributed by atoms with Crippen molar-refractivity contribution in [1.29, 1.82) is 0 Å². The molecule has 0 aromatic heterocycles. The van der Waals surface area contributed by atoms with Gasteiger partial charge in [0.2, 0.25) is 5.91 Å². The Kier molecular flexibility index (Phi) is 9.23. The lowest BCUT2D eigenvalue weighted by atomic mass is 10.0. The summed E-state index contributed by atoms with van der Waals surface area (Å²) in [6, 6.07) is 21.1. The zero-order chi connectivity index (χ0) is 25.4. The van der Waals surface area contributed by atoms with Crippen LogP contribution in [0.25, 0.3) is 0 Å². The van der Waals surface area contributed by atoms with Crippen LogP contribution in [0.3, 0.4) is 0 Å². The number of benzene rings is 3. The zero-order valence-corrected chi connectivity index (χ0v) is 22.2. The molecule has 0 unspecified atom stereocenters. The highest BCUT2D eigenvalue weighted by molar-refractivity contribution is 7.98. The molecule has 1 N–H and O–H groups in total. The van der Waals surface area contributed by atoms with Crippen molar-refractivity contribution in [3.8, 4) is 5.75 Å². The van der Waals surface area contributed by atoms with Crippen LogP contribution < -0.4 is 14.4 Å². The quantitative estimate of drug-likeness (QED) is 0.340. The molecule has 0 fully saturated rings. The number of rotatable bonds is 11. The minimum Gasteiger partial charge on any atom is -0.494 e. The first-order chi connectivity index (χ1) is 16.8. The number of ether oxygens (including phenoxy) is 1. The number of hydrogen-bond acceptors (Lipinski definition) is 5. The van der Waals surface area contributed by atoms with Crippen molar-refractivity contribution in [2.45, 2.75) is 43.0 Å². The van der Waals surface area contributed by atoms with Gasteiger partial charge < -0.3 is 10.1 Å². The van der Waals surface area contributed by atoms with E-state index in [9.17, 15) is 13.2 Å². The molecule has 0 saturated heterocycles. The SMILES string of the molecule is CCOc1ccc(N(CC(=O)N[C@H](CC)c2ccc(C)cc2)S(=O)(=O)c2ccc(SC)cc2)cc1. The summed E-state index contributed by atoms with van der Waals surface area (Å²) in [4.78, 5) is 14.2. The number of carbonyl (C=O) groups is 1. The summed E-state index contributed by atoms with van der Waals surface area (Å²) in [5, 5.41) is 3.00. The predicted molar refractivity (Wildman–Crippen MR) is 143 cm³/mol. The van der Waals surface area contributed by atoms with Gasteiger partial charge >= 0.3 is 0 Å². The number of anilines is 1. The monoisotopic (exact) mass is 512 g/mol. The normalized spacial score (nSPS) is 12.1. The van der Waals surface area contributed by atoms with Crippen LogP contribution in [-0.2, 0) is 14.8 Å². The summed E-state index contributed by atoms with van der Waals surface area (Å²) in [6.07, 6.45) is 2.61. The zero-order valence-electron chi connectivity index (χ0n) is 20.5. The van der Waals surface area contributed by atoms with Gasteiger partial charge in [-0.2, -0.15) is 0 Å². The van der Waals surface area contributed by atoms with E-state index >= 15 is 0 Å². The molecule has 0 spiro atoms. The second-order valence-electron chi connectivity index (χ2n) is 8.05. The lowest BCUT2D eigenvalue weighted by Gasteiger charge is -2.26. The van der Waals surface area contributed by atoms with Crippen molar-refractivity contribution in [1.82, 2.24) is 5.32 Å². The van der Waals surface area contributed by atoms with E-state index in [2.05, 4.69) is 5.32 Å². The lowest BCUT2D eigenvalue weighted by molar-refractivity contribution is -0.120. The standard InChI is InChI=1S/C27H32N2O4S2/c1-5-26(21-9-7-20(3)8-10-21)28-27(30)19-29(22-11-13-23(14-12-22)33-6-2)35(31,32)25-17-15-24(34-4)16-18-25/h7-18,26H,5-6,19H2,1-4H3,(H,28,30)/t26-/m1/s1. The van der Waals surface area contributed by atoms with E-state index in [1.54, 1.807) is 48.5 Å². The second kappa shape index (κ2) is 12.1. The van der Waals surface area contributed by atoms with E-state index in [4.69, 9.17) is 4.74 Å². The van der Waals surface area contributed by atoms with Crippen LogP contribution >= 0.6 is 11.8 Å². The van der Waals surface area contributed by atoms with E-state index in [1.807, 2.05) is 51.3 Å². The Morgan fingerprint density at radius 3 is 2.14 bits per heavy atom. The third-order valence-corrected chi connectivity index (χ3v) is 8.13. The van der Waals surface area contributed by atoms with Crippen LogP contribution in [-0.4, -0.2) is 33.7 Å². The second-order valence-corrected chi connectivity index (χ2v) is 10.8. The first kappa shape index (κ1) is 26.6. The molecule has 1 amide bonds. The maximum absolute atomic E-state index is 13.6. The van der Waals surface area contributed by atoms with Crippen molar-refractivity contribution in [2.24, 2.45) is 0 Å². The van der Waals surface area contributed by atoms with Gasteiger partial charge in [-0.05, 0) is 80.6 Å². The smallest absolute Gasteiger partial charge is 0.264 e. The van der Waals surface area contributed by atoms with Crippen molar-refractivity contribution in [3.63, 3.8) is 0 Å². The number of nitrogens with one attached hydrogen (secondary N) is 1. The van der Waals surface area contributed by atoms with Crippen molar-refractivity contribution in [2.75, 3.05) is 23.7 Å². The highest BCUT2D eigenvalue weighted by Gasteiger charge is 2.28. The minimum atomic E-state index is -3.99. The van der Waals surface area contributed by atoms with E-state index in [0.717, 1.165) is 20.3 Å². The van der Waals surface area contributed by atoms with Crippen LogP contribution in [0.5, 0.6) is 5.75 Å². The molecule has 0 saturated carbocycles. The van der Waals surface area contributed by atoms with Gasteiger partial charge in [0.15, 0.2) is 0 Å². The first-order valence-electron chi connectivity index (χ1n) is 11.5. The van der Waals surface area contributed by atoms with Crippen LogP contribution in [0.15, 0.2) is 82.6 Å². The molecular weight excluding hydrogens is 480 g/mol. The Morgan fingerprint density at radius 1 is 0.971 bits per heavy atom. The predicted octanol–water partition coefficient (Wildman–Crippen LogP) is 5.58. The molecule has 8 heteroatoms. The fourth-order valence-corrected chi connectivity index (χ4v) is 5.48. The van der Waals surface area contributed by atoms with Crippen LogP contribution in [0, 0.1) is 6.92 Å². The molecule has 3 rings (SSSR count). The largest absolute Gasteiger partial charge is 0.494 e. The number of nitrogens with zero attached hydrogens (tertiary/aromatic N) is 1. The van der Waals surface area contributed by atoms with Gasteiger partial charge in [0, 0.05) is 4.90 Å². The van der Waals surface area contributed by atoms with Gasteiger partial charge in [-0.3, -0.25) is 9.10 Å². The third kappa shape index (κ3) is 6.80. The average Bonchev–Trinajstić information content (AvgIpc) is 2.87. The summed E-state index contributed by atoms with van der Waals surface area (Å²) in [7, 11) is -3.99. The number of carbonyl (C=O) groups excluding carboxylic acids is 1. The number of aryl methyl sites for hydroxylation is 1. The molecule has 6 nitrogen and oxygen atoms in total. The Morgan fingerprint density at radius 2 is 1.60 bits per heavy atom. The molecule has 1 atom stereocenters. The Balaban J connectivity index is 1.91. The number of amides is 1. The van der Waals surface area contributed by atoms with E-state index in [0.29, 0.717) is 24.5 Å². The summed E-state index contributed by atoms with van der Waals surface area (Å²) in [5.74, 6) is 0.253. The fraction of sp³-hybridized carbons (Fsp3) is 0.296. The van der Waals surface area contributed by atoms with Gasteiger partial charge in [-0.15, -0.1) is 11.8 Å². The number of sulfonamides is 1. The minimum absolute atomic E-state index is 0.127. The van der Waals surface area contributed by atoms with E-state index in [1.165, 1.54) is 11.8 Å². The molecule has 35 heavy (non-hydrogen) atoms. The molecule has 0 aliphatic heterocycles. The van der Waals surface area contributed by atoms with Crippen molar-refractivity contribution < 1.29 is 17.9 Å². The molecular formula is C27H32N2O4S2. The third-order valence-electron chi connectivity index (χ3n) is 5.59. The summed E-state index contributed by atoms with van der Waals surface area (Å²) >= 11 is 1.53. The van der Waals surface area contributed by atoms with Crippen molar-refractivity contribution >= 4 is 33.4 Å². The Hall–Kier alpha value is -2.97. The maximum atomic E-state index is 13.6. The lowest BCUT2D eigenvalue weighted by Crippen LogP contribution is -2.42. The average molecular weight is 513 g/mol. The van der Waals surface area contributed by atoms with E-state index < -0.39 is 10.0 Å². The van der Waals surface area contributed by atoms with Crippen LogP contribution in [0.1, 0.15) is 37.4 Å². The molecule has 186 valence electrons. The molecule has 0 aliphatic rings. The Labute approximate surface area is 212 Å². The van der Waals surface area contributed by atoms with Crippen molar-refractivity contribution in [3.05, 3.63) is 83.9 Å². The van der Waals surface area contributed by atoms with E-state index in [-0.39, 0.29) is 23.4 Å². The Bertz CT molecular complexity index is 1210.